The minimum atomic E-state index is -0.111. The summed E-state index contributed by atoms with van der Waals surface area (Å²) in [6.07, 6.45) is 4.54. The van der Waals surface area contributed by atoms with Crippen molar-refractivity contribution in [3.05, 3.63) is 58.9 Å². The standard InChI is InChI=1S/C14H11ClN2O2/c15-12-1-2-13(18)11(7-12)8-17-9-14(19)10-3-5-16-6-4-10/h1-8,18H,9H2. The lowest BCUT2D eigenvalue weighted by molar-refractivity contribution is 0.100. The summed E-state index contributed by atoms with van der Waals surface area (Å²) in [5.74, 6) is -0.0373. The molecule has 1 aromatic heterocycles. The van der Waals surface area contributed by atoms with Crippen molar-refractivity contribution >= 4 is 23.6 Å². The lowest BCUT2D eigenvalue weighted by atomic mass is 10.2. The molecule has 0 aliphatic carbocycles. The first-order valence-electron chi connectivity index (χ1n) is 5.58. The first-order chi connectivity index (χ1) is 9.16. The van der Waals surface area contributed by atoms with E-state index in [2.05, 4.69) is 9.98 Å². The normalized spacial score (nSPS) is 10.8. The number of aromatic hydroxyl groups is 1. The van der Waals surface area contributed by atoms with Crippen LogP contribution >= 0.6 is 11.6 Å². The molecule has 1 aromatic carbocycles. The van der Waals surface area contributed by atoms with Gasteiger partial charge in [0.2, 0.25) is 0 Å². The molecule has 0 saturated heterocycles. The number of carbonyl (C=O) groups is 1. The van der Waals surface area contributed by atoms with E-state index >= 15 is 0 Å². The van der Waals surface area contributed by atoms with Crippen LogP contribution in [0.4, 0.5) is 0 Å². The Morgan fingerprint density at radius 2 is 2.05 bits per heavy atom. The number of benzene rings is 1. The van der Waals surface area contributed by atoms with Crippen LogP contribution in [-0.2, 0) is 0 Å². The number of nitrogens with zero attached hydrogens (tertiary/aromatic N) is 2. The van der Waals surface area contributed by atoms with E-state index in [9.17, 15) is 9.90 Å². The van der Waals surface area contributed by atoms with Crippen LogP contribution in [0.25, 0.3) is 0 Å². The molecule has 0 amide bonds. The van der Waals surface area contributed by atoms with E-state index in [1.54, 1.807) is 36.7 Å². The van der Waals surface area contributed by atoms with Gasteiger partial charge in [0.1, 0.15) is 12.3 Å². The van der Waals surface area contributed by atoms with Gasteiger partial charge in [-0.15, -0.1) is 0 Å². The van der Waals surface area contributed by atoms with Crippen LogP contribution in [0.15, 0.2) is 47.7 Å². The highest BCUT2D eigenvalue weighted by atomic mass is 35.5. The molecule has 1 N–H and O–H groups in total. The van der Waals surface area contributed by atoms with E-state index in [4.69, 9.17) is 11.6 Å². The number of ketones is 1. The summed E-state index contributed by atoms with van der Waals surface area (Å²) < 4.78 is 0. The van der Waals surface area contributed by atoms with Crippen LogP contribution in [-0.4, -0.2) is 28.6 Å². The third-order valence-corrected chi connectivity index (χ3v) is 2.69. The lowest BCUT2D eigenvalue weighted by Crippen LogP contribution is -2.03. The van der Waals surface area contributed by atoms with Gasteiger partial charge in [-0.25, -0.2) is 0 Å². The van der Waals surface area contributed by atoms with Gasteiger partial charge in [0, 0.05) is 34.8 Å². The summed E-state index contributed by atoms with van der Waals surface area (Å²) in [6.45, 7) is 0.00989. The van der Waals surface area contributed by atoms with E-state index in [0.29, 0.717) is 16.1 Å². The summed E-state index contributed by atoms with van der Waals surface area (Å²) in [5, 5.41) is 10.1. The maximum absolute atomic E-state index is 11.8. The molecule has 5 heteroatoms. The van der Waals surface area contributed by atoms with Gasteiger partial charge >= 0.3 is 0 Å². The van der Waals surface area contributed by atoms with Crippen molar-refractivity contribution in [1.82, 2.24) is 4.98 Å². The average Bonchev–Trinajstić information content (AvgIpc) is 2.43. The van der Waals surface area contributed by atoms with Crippen molar-refractivity contribution in [2.45, 2.75) is 0 Å². The monoisotopic (exact) mass is 274 g/mol. The summed E-state index contributed by atoms with van der Waals surface area (Å²) in [7, 11) is 0. The van der Waals surface area contributed by atoms with Crippen molar-refractivity contribution in [2.24, 2.45) is 4.99 Å². The maximum Gasteiger partial charge on any atom is 0.184 e. The molecule has 0 aliphatic heterocycles. The van der Waals surface area contributed by atoms with Gasteiger partial charge in [-0.05, 0) is 30.3 Å². The zero-order valence-electron chi connectivity index (χ0n) is 9.95. The van der Waals surface area contributed by atoms with Crippen LogP contribution in [0.2, 0.25) is 5.02 Å². The summed E-state index contributed by atoms with van der Waals surface area (Å²) in [6, 6.07) is 7.91. The van der Waals surface area contributed by atoms with Crippen molar-refractivity contribution < 1.29 is 9.90 Å². The van der Waals surface area contributed by atoms with Crippen LogP contribution in [0.5, 0.6) is 5.75 Å². The van der Waals surface area contributed by atoms with Crippen molar-refractivity contribution in [3.8, 4) is 5.75 Å². The summed E-state index contributed by atoms with van der Waals surface area (Å²) in [4.78, 5) is 19.6. The highest BCUT2D eigenvalue weighted by Gasteiger charge is 2.03. The fraction of sp³-hybridized carbons (Fsp3) is 0.0714. The molecule has 96 valence electrons. The Hall–Kier alpha value is -2.20. The van der Waals surface area contributed by atoms with Crippen molar-refractivity contribution in [3.63, 3.8) is 0 Å². The van der Waals surface area contributed by atoms with Crippen LogP contribution in [0.1, 0.15) is 15.9 Å². The second-order valence-corrected chi connectivity index (χ2v) is 4.27. The number of hydrogen-bond donors (Lipinski definition) is 1. The number of pyridine rings is 1. The summed E-state index contributed by atoms with van der Waals surface area (Å²) in [5.41, 5.74) is 1.04. The van der Waals surface area contributed by atoms with Gasteiger partial charge in [-0.3, -0.25) is 14.8 Å². The topological polar surface area (TPSA) is 62.5 Å². The molecule has 0 radical (unpaired) electrons. The lowest BCUT2D eigenvalue weighted by Gasteiger charge is -1.99. The van der Waals surface area contributed by atoms with Gasteiger partial charge in [0.25, 0.3) is 0 Å². The van der Waals surface area contributed by atoms with Crippen molar-refractivity contribution in [2.75, 3.05) is 6.54 Å². The Morgan fingerprint density at radius 1 is 1.32 bits per heavy atom. The number of hydrogen-bond acceptors (Lipinski definition) is 4. The number of aromatic nitrogens is 1. The Kier molecular flexibility index (Phi) is 4.26. The molecule has 2 aromatic rings. The molecular weight excluding hydrogens is 264 g/mol. The fourth-order valence-electron chi connectivity index (χ4n) is 1.48. The van der Waals surface area contributed by atoms with E-state index in [1.165, 1.54) is 12.3 Å². The Morgan fingerprint density at radius 3 is 2.79 bits per heavy atom. The second kappa shape index (κ2) is 6.11. The van der Waals surface area contributed by atoms with Gasteiger partial charge < -0.3 is 5.11 Å². The minimum absolute atomic E-state index is 0.00989. The van der Waals surface area contributed by atoms with Crippen LogP contribution in [0.3, 0.4) is 0 Å². The summed E-state index contributed by atoms with van der Waals surface area (Å²) >= 11 is 5.81. The third kappa shape index (κ3) is 3.63. The van der Waals surface area contributed by atoms with Crippen LogP contribution in [0, 0.1) is 0 Å². The van der Waals surface area contributed by atoms with Gasteiger partial charge in [0.15, 0.2) is 5.78 Å². The minimum Gasteiger partial charge on any atom is -0.507 e. The highest BCUT2D eigenvalue weighted by Crippen LogP contribution is 2.19. The number of aliphatic imine (C=N–C) groups is 1. The predicted molar refractivity (Wildman–Crippen MR) is 74.1 cm³/mol. The smallest absolute Gasteiger partial charge is 0.184 e. The van der Waals surface area contributed by atoms with Gasteiger partial charge in [-0.1, -0.05) is 11.6 Å². The molecule has 19 heavy (non-hydrogen) atoms. The number of phenols is 1. The molecule has 1 heterocycles. The fourth-order valence-corrected chi connectivity index (χ4v) is 1.67. The van der Waals surface area contributed by atoms with E-state index < -0.39 is 0 Å². The molecule has 4 nitrogen and oxygen atoms in total. The highest BCUT2D eigenvalue weighted by molar-refractivity contribution is 6.30. The Labute approximate surface area is 115 Å². The molecule has 0 bridgehead atoms. The molecule has 0 spiro atoms. The quantitative estimate of drug-likeness (QED) is 0.689. The SMILES string of the molecule is O=C(CN=Cc1cc(Cl)ccc1O)c1ccncc1. The number of carbonyl (C=O) groups excluding carboxylic acids is 1. The molecule has 0 fully saturated rings. The largest absolute Gasteiger partial charge is 0.507 e. The van der Waals surface area contributed by atoms with E-state index in [1.807, 2.05) is 0 Å². The molecule has 0 unspecified atom stereocenters. The van der Waals surface area contributed by atoms with Gasteiger partial charge in [0.05, 0.1) is 0 Å². The molecule has 0 saturated carbocycles. The first kappa shape index (κ1) is 13.2. The number of rotatable bonds is 4. The zero-order chi connectivity index (χ0) is 13.7. The number of halogens is 1. The Bertz CT molecular complexity index is 612. The third-order valence-electron chi connectivity index (χ3n) is 2.46. The average molecular weight is 275 g/mol. The maximum atomic E-state index is 11.8. The zero-order valence-corrected chi connectivity index (χ0v) is 10.7. The van der Waals surface area contributed by atoms with E-state index in [-0.39, 0.29) is 18.1 Å². The van der Waals surface area contributed by atoms with Crippen molar-refractivity contribution in [1.29, 1.82) is 0 Å². The molecular formula is C14H11ClN2O2. The second-order valence-electron chi connectivity index (χ2n) is 3.83. The molecule has 0 atom stereocenters. The molecule has 2 rings (SSSR count). The number of phenolic OH excluding ortho intramolecular Hbond substituents is 1. The van der Waals surface area contributed by atoms with Gasteiger partial charge in [-0.2, -0.15) is 0 Å². The first-order valence-corrected chi connectivity index (χ1v) is 5.96. The predicted octanol–water partition coefficient (Wildman–Crippen LogP) is 2.74. The van der Waals surface area contributed by atoms with E-state index in [0.717, 1.165) is 0 Å². The van der Waals surface area contributed by atoms with Crippen LogP contribution < -0.4 is 0 Å². The molecule has 0 aliphatic rings. The Balaban J connectivity index is 2.04. The number of Topliss-reactive ketones (excluding diaryl/α,β-unsaturated/α-hetero) is 1.